The minimum atomic E-state index is -0.796. The molecule has 2 aliphatic rings. The molecule has 3 aromatic rings. The highest BCUT2D eigenvalue weighted by Crippen LogP contribution is 2.31. The molecule has 2 aliphatic heterocycles. The zero-order valence-corrected chi connectivity index (χ0v) is 20.0. The number of benzene rings is 3. The highest BCUT2D eigenvalue weighted by atomic mass is 19.1. The van der Waals surface area contributed by atoms with Crippen LogP contribution in [-0.4, -0.2) is 52.6 Å². The molecule has 0 saturated heterocycles. The molecule has 4 atom stereocenters. The molecule has 2 N–H and O–H groups in total. The van der Waals surface area contributed by atoms with Gasteiger partial charge in [-0.05, 0) is 78.8 Å². The molecule has 0 saturated carbocycles. The lowest BCUT2D eigenvalue weighted by Gasteiger charge is -2.35. The molecule has 190 valence electrons. The second-order valence-electron chi connectivity index (χ2n) is 9.71. The van der Waals surface area contributed by atoms with Crippen molar-refractivity contribution in [3.8, 4) is 11.5 Å². The van der Waals surface area contributed by atoms with Crippen LogP contribution in [0.5, 0.6) is 11.5 Å². The normalized spacial score (nSPS) is 20.6. The van der Waals surface area contributed by atoms with Crippen LogP contribution in [0.25, 0.3) is 0 Å². The maximum absolute atomic E-state index is 13.5. The minimum absolute atomic E-state index is 0.293. The summed E-state index contributed by atoms with van der Waals surface area (Å²) in [6.07, 6.45) is -0.0167. The summed E-state index contributed by atoms with van der Waals surface area (Å²) in [6, 6.07) is 18.8. The summed E-state index contributed by atoms with van der Waals surface area (Å²) in [7, 11) is 0. The highest BCUT2D eigenvalue weighted by molar-refractivity contribution is 5.37. The van der Waals surface area contributed by atoms with E-state index in [0.717, 1.165) is 16.7 Å². The number of aryl methyl sites for hydroxylation is 2. The maximum atomic E-state index is 13.5. The van der Waals surface area contributed by atoms with Crippen molar-refractivity contribution in [1.82, 2.24) is 4.90 Å². The van der Waals surface area contributed by atoms with Gasteiger partial charge in [-0.2, -0.15) is 0 Å². The van der Waals surface area contributed by atoms with E-state index in [1.54, 1.807) is 12.1 Å². The maximum Gasteiger partial charge on any atom is 0.126 e. The van der Waals surface area contributed by atoms with E-state index in [4.69, 9.17) is 9.47 Å². The monoisotopic (exact) mass is 495 g/mol. The number of rotatable bonds is 8. The zero-order valence-electron chi connectivity index (χ0n) is 20.0. The van der Waals surface area contributed by atoms with Crippen LogP contribution in [0.1, 0.15) is 29.5 Å². The van der Waals surface area contributed by atoms with E-state index in [2.05, 4.69) is 0 Å². The van der Waals surface area contributed by atoms with Crippen molar-refractivity contribution in [3.63, 3.8) is 0 Å². The van der Waals surface area contributed by atoms with E-state index < -0.39 is 24.4 Å². The molecule has 5 rings (SSSR count). The van der Waals surface area contributed by atoms with Crippen LogP contribution >= 0.6 is 0 Å². The van der Waals surface area contributed by atoms with E-state index in [1.165, 1.54) is 24.3 Å². The second kappa shape index (κ2) is 10.9. The Morgan fingerprint density at radius 1 is 0.750 bits per heavy atom. The Bertz CT molecular complexity index is 1100. The third kappa shape index (κ3) is 5.86. The predicted octanol–water partition coefficient (Wildman–Crippen LogP) is 4.28. The van der Waals surface area contributed by atoms with Crippen LogP contribution in [0, 0.1) is 11.6 Å². The van der Waals surface area contributed by atoms with Gasteiger partial charge in [0.2, 0.25) is 0 Å². The molecule has 0 aliphatic carbocycles. The van der Waals surface area contributed by atoms with Crippen LogP contribution in [0.15, 0.2) is 66.7 Å². The number of halogens is 2. The van der Waals surface area contributed by atoms with Gasteiger partial charge < -0.3 is 19.7 Å². The van der Waals surface area contributed by atoms with Crippen LogP contribution in [0.2, 0.25) is 0 Å². The van der Waals surface area contributed by atoms with Gasteiger partial charge in [-0.1, -0.05) is 30.3 Å². The lowest BCUT2D eigenvalue weighted by atomic mass is 9.97. The van der Waals surface area contributed by atoms with Gasteiger partial charge in [-0.3, -0.25) is 4.90 Å². The molecule has 7 heteroatoms. The average molecular weight is 496 g/mol. The quantitative estimate of drug-likeness (QED) is 0.489. The summed E-state index contributed by atoms with van der Waals surface area (Å²) in [5, 5.41) is 22.2. The first-order valence-electron chi connectivity index (χ1n) is 12.5. The summed E-state index contributed by atoms with van der Waals surface area (Å²) in [5.41, 5.74) is 2.68. The van der Waals surface area contributed by atoms with E-state index in [0.29, 0.717) is 56.8 Å². The van der Waals surface area contributed by atoms with Gasteiger partial charge in [0, 0.05) is 19.6 Å². The second-order valence-corrected chi connectivity index (χ2v) is 9.71. The standard InChI is InChI=1S/C29H31F2NO4/c30-22-8-12-26-20(14-22)6-10-28(35-26)24(33)17-32(16-19-4-2-1-3-5-19)18-25(34)29-11-7-21-15-23(31)9-13-27(21)36-29/h1-5,8-9,12-15,24-25,28-29,33-34H,6-7,10-11,16-18H2/t24-,25?,28-,29?/m0/s1. The Morgan fingerprint density at radius 3 is 1.75 bits per heavy atom. The van der Waals surface area contributed by atoms with E-state index in [-0.39, 0.29) is 11.6 Å². The number of ether oxygens (including phenoxy) is 2. The highest BCUT2D eigenvalue weighted by Gasteiger charge is 2.32. The van der Waals surface area contributed by atoms with Crippen molar-refractivity contribution >= 4 is 0 Å². The lowest BCUT2D eigenvalue weighted by molar-refractivity contribution is -0.0295. The Hall–Kier alpha value is -3.00. The van der Waals surface area contributed by atoms with Gasteiger partial charge in [-0.25, -0.2) is 8.78 Å². The third-order valence-corrected chi connectivity index (χ3v) is 7.00. The fraction of sp³-hybridized carbons (Fsp3) is 0.379. The van der Waals surface area contributed by atoms with Crippen LogP contribution in [0.3, 0.4) is 0 Å². The van der Waals surface area contributed by atoms with Crippen molar-refractivity contribution in [1.29, 1.82) is 0 Å². The molecule has 2 unspecified atom stereocenters. The van der Waals surface area contributed by atoms with Gasteiger partial charge in [0.15, 0.2) is 0 Å². The molecule has 0 amide bonds. The summed E-state index contributed by atoms with van der Waals surface area (Å²) in [6.45, 7) is 1.13. The molecular weight excluding hydrogens is 464 g/mol. The number of hydrogen-bond donors (Lipinski definition) is 2. The molecule has 0 bridgehead atoms. The summed E-state index contributed by atoms with van der Waals surface area (Å²) in [4.78, 5) is 2.01. The van der Waals surface area contributed by atoms with E-state index >= 15 is 0 Å². The van der Waals surface area contributed by atoms with Crippen molar-refractivity contribution in [2.45, 2.75) is 56.6 Å². The molecule has 3 aromatic carbocycles. The number of aliphatic hydroxyl groups is 2. The molecule has 5 nitrogen and oxygen atoms in total. The topological polar surface area (TPSA) is 62.2 Å². The van der Waals surface area contributed by atoms with E-state index in [1.807, 2.05) is 35.2 Å². The molecule has 36 heavy (non-hydrogen) atoms. The molecular formula is C29H31F2NO4. The van der Waals surface area contributed by atoms with E-state index in [9.17, 15) is 19.0 Å². The lowest BCUT2D eigenvalue weighted by Crippen LogP contribution is -2.48. The van der Waals surface area contributed by atoms with Gasteiger partial charge >= 0.3 is 0 Å². The zero-order chi connectivity index (χ0) is 25.1. The molecule has 0 fully saturated rings. The minimum Gasteiger partial charge on any atom is -0.487 e. The fourth-order valence-electron chi connectivity index (χ4n) is 5.11. The molecule has 2 heterocycles. The van der Waals surface area contributed by atoms with Crippen molar-refractivity contribution in [2.24, 2.45) is 0 Å². The Balaban J connectivity index is 1.26. The Morgan fingerprint density at radius 2 is 1.25 bits per heavy atom. The average Bonchev–Trinajstić information content (AvgIpc) is 2.88. The van der Waals surface area contributed by atoms with Crippen LogP contribution < -0.4 is 9.47 Å². The van der Waals surface area contributed by atoms with Crippen molar-refractivity contribution in [3.05, 3.63) is 95.1 Å². The van der Waals surface area contributed by atoms with Crippen LogP contribution in [0.4, 0.5) is 8.78 Å². The van der Waals surface area contributed by atoms with Crippen LogP contribution in [-0.2, 0) is 19.4 Å². The first-order valence-corrected chi connectivity index (χ1v) is 12.5. The van der Waals surface area contributed by atoms with Gasteiger partial charge in [-0.15, -0.1) is 0 Å². The fourth-order valence-corrected chi connectivity index (χ4v) is 5.11. The predicted molar refractivity (Wildman–Crippen MR) is 132 cm³/mol. The smallest absolute Gasteiger partial charge is 0.126 e. The molecule has 0 aromatic heterocycles. The number of hydrogen-bond acceptors (Lipinski definition) is 5. The van der Waals surface area contributed by atoms with Crippen molar-refractivity contribution in [2.75, 3.05) is 13.1 Å². The summed E-state index contributed by atoms with van der Waals surface area (Å²) >= 11 is 0. The first-order chi connectivity index (χ1) is 17.4. The summed E-state index contributed by atoms with van der Waals surface area (Å²) in [5.74, 6) is 0.619. The van der Waals surface area contributed by atoms with Gasteiger partial charge in [0.05, 0.1) is 0 Å². The first kappa shape index (κ1) is 24.7. The Labute approximate surface area is 209 Å². The number of aliphatic hydroxyl groups excluding tert-OH is 2. The van der Waals surface area contributed by atoms with Gasteiger partial charge in [0.25, 0.3) is 0 Å². The number of nitrogens with zero attached hydrogens (tertiary/aromatic N) is 1. The molecule has 0 spiro atoms. The number of fused-ring (bicyclic) bond motifs is 2. The Kier molecular flexibility index (Phi) is 7.51. The largest absolute Gasteiger partial charge is 0.487 e. The SMILES string of the molecule is OC(CN(Cc1ccccc1)C[C@H](O)[C@@H]1CCc2cc(F)ccc2O1)C1CCc2cc(F)ccc2O1. The third-order valence-electron chi connectivity index (χ3n) is 7.00. The summed E-state index contributed by atoms with van der Waals surface area (Å²) < 4.78 is 39.1. The molecule has 0 radical (unpaired) electrons. The van der Waals surface area contributed by atoms with Gasteiger partial charge in [0.1, 0.15) is 47.5 Å². The van der Waals surface area contributed by atoms with Crippen molar-refractivity contribution < 1.29 is 28.5 Å².